The highest BCUT2D eigenvalue weighted by atomic mass is 79.9. The van der Waals surface area contributed by atoms with Gasteiger partial charge in [-0.2, -0.15) is 0 Å². The first-order chi connectivity index (χ1) is 14.2. The van der Waals surface area contributed by atoms with Crippen LogP contribution in [0.5, 0.6) is 0 Å². The van der Waals surface area contributed by atoms with Gasteiger partial charge in [0.2, 0.25) is 5.91 Å². The van der Waals surface area contributed by atoms with Crippen molar-refractivity contribution >= 4 is 27.7 Å². The fraction of sp³-hybridized carbons (Fsp3) is 0.455. The lowest BCUT2D eigenvalue weighted by Gasteiger charge is -2.36. The molecule has 3 heterocycles. The maximum atomic E-state index is 12.7. The topological polar surface area (TPSA) is 48.9 Å². The van der Waals surface area contributed by atoms with Gasteiger partial charge >= 0.3 is 0 Å². The van der Waals surface area contributed by atoms with E-state index in [-0.39, 0.29) is 12.0 Å². The molecule has 1 aromatic carbocycles. The molecule has 7 heteroatoms. The quantitative estimate of drug-likeness (QED) is 0.689. The summed E-state index contributed by atoms with van der Waals surface area (Å²) in [5.41, 5.74) is 1.19. The second-order valence-electron chi connectivity index (χ2n) is 7.52. The van der Waals surface area contributed by atoms with Gasteiger partial charge in [0.25, 0.3) is 0 Å². The van der Waals surface area contributed by atoms with Gasteiger partial charge in [0.05, 0.1) is 12.7 Å². The largest absolute Gasteiger partial charge is 0.371 e. The molecule has 2 fully saturated rings. The van der Waals surface area contributed by atoms with E-state index in [9.17, 15) is 4.79 Å². The summed E-state index contributed by atoms with van der Waals surface area (Å²) in [5, 5.41) is 0. The Morgan fingerprint density at radius 1 is 1.07 bits per heavy atom. The average molecular weight is 459 g/mol. The molecular formula is C22H27BrN4O2. The van der Waals surface area contributed by atoms with Crippen molar-refractivity contribution in [2.45, 2.75) is 12.5 Å². The third-order valence-corrected chi connectivity index (χ3v) is 6.17. The number of pyridine rings is 1. The zero-order valence-corrected chi connectivity index (χ0v) is 18.1. The van der Waals surface area contributed by atoms with Gasteiger partial charge in [0, 0.05) is 62.9 Å². The molecule has 1 atom stereocenters. The van der Waals surface area contributed by atoms with Crippen LogP contribution in [0.25, 0.3) is 0 Å². The maximum absolute atomic E-state index is 12.7. The Balaban J connectivity index is 1.23. The van der Waals surface area contributed by atoms with Crippen LogP contribution < -0.4 is 4.90 Å². The van der Waals surface area contributed by atoms with Crippen molar-refractivity contribution in [2.24, 2.45) is 0 Å². The number of anilines is 1. The van der Waals surface area contributed by atoms with Crippen LogP contribution in [0.1, 0.15) is 18.1 Å². The number of halogens is 1. The number of carbonyl (C=O) groups excluding carboxylic acids is 1. The predicted octanol–water partition coefficient (Wildman–Crippen LogP) is 2.96. The number of ether oxygens (including phenoxy) is 1. The van der Waals surface area contributed by atoms with Crippen LogP contribution in [0, 0.1) is 0 Å². The SMILES string of the molecule is O=C(CCN1CCOC(c2ccc(Br)cc2)C1)N1CCN(c2ccccn2)CC1. The second-order valence-corrected chi connectivity index (χ2v) is 8.43. The molecule has 4 rings (SSSR count). The molecule has 0 N–H and O–H groups in total. The molecule has 0 spiro atoms. The zero-order valence-electron chi connectivity index (χ0n) is 16.5. The van der Waals surface area contributed by atoms with Crippen LogP contribution in [0.4, 0.5) is 5.82 Å². The number of rotatable bonds is 5. The summed E-state index contributed by atoms with van der Waals surface area (Å²) in [7, 11) is 0. The van der Waals surface area contributed by atoms with E-state index in [0.717, 1.165) is 56.1 Å². The number of benzene rings is 1. The highest BCUT2D eigenvalue weighted by Crippen LogP contribution is 2.24. The monoisotopic (exact) mass is 458 g/mol. The Labute approximate surface area is 180 Å². The van der Waals surface area contributed by atoms with Crippen LogP contribution in [-0.2, 0) is 9.53 Å². The number of aromatic nitrogens is 1. The summed E-state index contributed by atoms with van der Waals surface area (Å²) in [6.07, 6.45) is 2.46. The second kappa shape index (κ2) is 9.69. The maximum Gasteiger partial charge on any atom is 0.223 e. The molecule has 6 nitrogen and oxygen atoms in total. The first-order valence-electron chi connectivity index (χ1n) is 10.2. The van der Waals surface area contributed by atoms with Crippen LogP contribution in [0.15, 0.2) is 53.1 Å². The van der Waals surface area contributed by atoms with Crippen LogP contribution in [-0.4, -0.2) is 73.1 Å². The molecular weight excluding hydrogens is 432 g/mol. The minimum absolute atomic E-state index is 0.0777. The van der Waals surface area contributed by atoms with E-state index < -0.39 is 0 Å². The highest BCUT2D eigenvalue weighted by Gasteiger charge is 2.25. The van der Waals surface area contributed by atoms with E-state index in [1.165, 1.54) is 5.56 Å². The summed E-state index contributed by atoms with van der Waals surface area (Å²) in [4.78, 5) is 23.7. The number of hydrogen-bond donors (Lipinski definition) is 0. The third-order valence-electron chi connectivity index (χ3n) is 5.64. The Morgan fingerprint density at radius 2 is 1.86 bits per heavy atom. The van der Waals surface area contributed by atoms with Gasteiger partial charge in [-0.15, -0.1) is 0 Å². The van der Waals surface area contributed by atoms with Gasteiger partial charge in [0.15, 0.2) is 0 Å². The minimum atomic E-state index is 0.0777. The number of hydrogen-bond acceptors (Lipinski definition) is 5. The normalized spacial score (nSPS) is 20.7. The minimum Gasteiger partial charge on any atom is -0.371 e. The van der Waals surface area contributed by atoms with E-state index in [1.54, 1.807) is 0 Å². The molecule has 1 amide bonds. The molecule has 2 aromatic rings. The van der Waals surface area contributed by atoms with E-state index in [2.05, 4.69) is 42.8 Å². The molecule has 154 valence electrons. The number of morpholine rings is 1. The molecule has 0 radical (unpaired) electrons. The number of amides is 1. The molecule has 2 saturated heterocycles. The van der Waals surface area contributed by atoms with Crippen molar-refractivity contribution in [3.05, 3.63) is 58.7 Å². The van der Waals surface area contributed by atoms with E-state index in [0.29, 0.717) is 13.0 Å². The van der Waals surface area contributed by atoms with Gasteiger partial charge in [-0.25, -0.2) is 4.98 Å². The summed E-state index contributed by atoms with van der Waals surface area (Å²) in [6, 6.07) is 14.3. The smallest absolute Gasteiger partial charge is 0.223 e. The summed E-state index contributed by atoms with van der Waals surface area (Å²) >= 11 is 3.48. The lowest BCUT2D eigenvalue weighted by Crippen LogP contribution is -2.49. The van der Waals surface area contributed by atoms with E-state index in [4.69, 9.17) is 4.74 Å². The first-order valence-corrected chi connectivity index (χ1v) is 11.0. The van der Waals surface area contributed by atoms with Crippen molar-refractivity contribution in [1.82, 2.24) is 14.8 Å². The van der Waals surface area contributed by atoms with Crippen molar-refractivity contribution < 1.29 is 9.53 Å². The van der Waals surface area contributed by atoms with Crippen LogP contribution in [0.3, 0.4) is 0 Å². The van der Waals surface area contributed by atoms with Gasteiger partial charge in [-0.1, -0.05) is 34.1 Å². The Hall–Kier alpha value is -1.96. The summed E-state index contributed by atoms with van der Waals surface area (Å²) < 4.78 is 7.02. The number of piperazine rings is 1. The summed E-state index contributed by atoms with van der Waals surface area (Å²) in [5.74, 6) is 1.24. The lowest BCUT2D eigenvalue weighted by molar-refractivity contribution is -0.132. The standard InChI is InChI=1S/C22H27BrN4O2/c23-19-6-4-18(5-7-19)20-17-25(15-16-29-20)10-8-22(28)27-13-11-26(12-14-27)21-3-1-2-9-24-21/h1-7,9,20H,8,10-17H2. The van der Waals surface area contributed by atoms with Gasteiger partial charge in [-0.05, 0) is 29.8 Å². The van der Waals surface area contributed by atoms with Crippen molar-refractivity contribution in [3.63, 3.8) is 0 Å². The van der Waals surface area contributed by atoms with Gasteiger partial charge in [-0.3, -0.25) is 9.69 Å². The number of carbonyl (C=O) groups is 1. The molecule has 0 saturated carbocycles. The van der Waals surface area contributed by atoms with Crippen molar-refractivity contribution in [3.8, 4) is 0 Å². The molecule has 1 aromatic heterocycles. The predicted molar refractivity (Wildman–Crippen MR) is 117 cm³/mol. The Morgan fingerprint density at radius 3 is 2.59 bits per heavy atom. The summed E-state index contributed by atoms with van der Waals surface area (Å²) in [6.45, 7) is 6.42. The van der Waals surface area contributed by atoms with Gasteiger partial charge in [0.1, 0.15) is 5.82 Å². The average Bonchev–Trinajstić information content (AvgIpc) is 2.79. The van der Waals surface area contributed by atoms with Crippen LogP contribution >= 0.6 is 15.9 Å². The zero-order chi connectivity index (χ0) is 20.1. The van der Waals surface area contributed by atoms with Crippen molar-refractivity contribution in [1.29, 1.82) is 0 Å². The first kappa shape index (κ1) is 20.3. The Bertz CT molecular complexity index is 794. The van der Waals surface area contributed by atoms with Crippen LogP contribution in [0.2, 0.25) is 0 Å². The highest BCUT2D eigenvalue weighted by molar-refractivity contribution is 9.10. The fourth-order valence-electron chi connectivity index (χ4n) is 3.92. The lowest BCUT2D eigenvalue weighted by atomic mass is 10.1. The third kappa shape index (κ3) is 5.35. The fourth-order valence-corrected chi connectivity index (χ4v) is 4.19. The Kier molecular flexibility index (Phi) is 6.79. The van der Waals surface area contributed by atoms with E-state index in [1.807, 2.05) is 41.4 Å². The molecule has 29 heavy (non-hydrogen) atoms. The molecule has 0 aliphatic carbocycles. The molecule has 0 bridgehead atoms. The van der Waals surface area contributed by atoms with E-state index >= 15 is 0 Å². The number of nitrogens with zero attached hydrogens (tertiary/aromatic N) is 4. The van der Waals surface area contributed by atoms with Crippen molar-refractivity contribution in [2.75, 3.05) is 57.3 Å². The molecule has 1 unspecified atom stereocenters. The molecule has 2 aliphatic rings. The molecule has 2 aliphatic heterocycles. The van der Waals surface area contributed by atoms with Gasteiger partial charge < -0.3 is 14.5 Å².